The second kappa shape index (κ2) is 10.7. The predicted octanol–water partition coefficient (Wildman–Crippen LogP) is 6.80. The first kappa shape index (κ1) is 25.9. The van der Waals surface area contributed by atoms with Gasteiger partial charge in [-0.2, -0.15) is 0 Å². The van der Waals surface area contributed by atoms with Gasteiger partial charge >= 0.3 is 0 Å². The number of benzene rings is 4. The highest BCUT2D eigenvalue weighted by Gasteiger charge is 2.32. The van der Waals surface area contributed by atoms with Crippen LogP contribution in [0.15, 0.2) is 117 Å². The number of thiazole rings is 1. The molecule has 1 aliphatic carbocycles. The highest BCUT2D eigenvalue weighted by molar-refractivity contribution is 9.10. The van der Waals surface area contributed by atoms with Gasteiger partial charge in [-0.3, -0.25) is 9.36 Å². The van der Waals surface area contributed by atoms with Gasteiger partial charge in [0.25, 0.3) is 5.56 Å². The molecule has 0 saturated heterocycles. The molecule has 4 nitrogen and oxygen atoms in total. The van der Waals surface area contributed by atoms with E-state index < -0.39 is 0 Å². The molecule has 202 valence electrons. The van der Waals surface area contributed by atoms with Gasteiger partial charge in [-0.25, -0.2) is 9.38 Å². The Morgan fingerprint density at radius 1 is 0.951 bits per heavy atom. The van der Waals surface area contributed by atoms with Crippen LogP contribution < -0.4 is 19.6 Å². The monoisotopic (exact) mass is 622 g/mol. The summed E-state index contributed by atoms with van der Waals surface area (Å²) < 4.78 is 23.2. The fraction of sp³-hybridized carbons (Fsp3) is 0.118. The van der Waals surface area contributed by atoms with Crippen molar-refractivity contribution in [2.45, 2.75) is 25.5 Å². The van der Waals surface area contributed by atoms with Crippen LogP contribution in [0.5, 0.6) is 5.75 Å². The van der Waals surface area contributed by atoms with Crippen molar-refractivity contribution in [1.29, 1.82) is 0 Å². The van der Waals surface area contributed by atoms with Crippen molar-refractivity contribution in [2.75, 3.05) is 0 Å². The molecule has 7 heteroatoms. The topological polar surface area (TPSA) is 43.6 Å². The molecule has 41 heavy (non-hydrogen) atoms. The third-order valence-electron chi connectivity index (χ3n) is 7.59. The van der Waals surface area contributed by atoms with Crippen LogP contribution in [-0.4, -0.2) is 4.57 Å². The second-order valence-corrected chi connectivity index (χ2v) is 12.0. The number of fused-ring (bicyclic) bond motifs is 3. The van der Waals surface area contributed by atoms with Crippen LogP contribution in [0.1, 0.15) is 40.3 Å². The van der Waals surface area contributed by atoms with Gasteiger partial charge in [-0.05, 0) is 71.5 Å². The van der Waals surface area contributed by atoms with E-state index in [1.165, 1.54) is 28.5 Å². The van der Waals surface area contributed by atoms with E-state index in [9.17, 15) is 9.18 Å². The van der Waals surface area contributed by atoms with Gasteiger partial charge in [0.2, 0.25) is 0 Å². The second-order valence-electron chi connectivity index (χ2n) is 10.1. The predicted molar refractivity (Wildman–Crippen MR) is 164 cm³/mol. The molecule has 0 radical (unpaired) electrons. The van der Waals surface area contributed by atoms with E-state index in [4.69, 9.17) is 9.73 Å². The highest BCUT2D eigenvalue weighted by Crippen LogP contribution is 2.41. The molecule has 2 aliphatic rings. The molecule has 0 saturated carbocycles. The zero-order chi connectivity index (χ0) is 27.9. The lowest BCUT2D eigenvalue weighted by Crippen LogP contribution is -2.38. The van der Waals surface area contributed by atoms with Crippen LogP contribution in [0.25, 0.3) is 11.8 Å². The minimum Gasteiger partial charge on any atom is -0.489 e. The molecule has 0 unspecified atom stereocenters. The van der Waals surface area contributed by atoms with Crippen LogP contribution in [0, 0.1) is 5.82 Å². The minimum atomic E-state index is -0.286. The SMILES string of the molecule is O=c1/c(=C/c2ccc(OCc3ccccc3F)cc2)sc2n1[C@@H](c1ccc(Br)cc1)C1=C(N=2)c2ccccc2CC1. The van der Waals surface area contributed by atoms with Gasteiger partial charge in [0.1, 0.15) is 18.2 Å². The molecule has 4 aromatic carbocycles. The standard InChI is InChI=1S/C34H24BrFN2O2S/c35-25-14-11-23(12-15-25)32-28-18-13-22-5-1-3-7-27(22)31(28)37-34-38(32)33(39)30(41-34)19-21-9-16-26(17-10-21)40-20-24-6-2-4-8-29(24)36/h1-12,14-17,19,32H,13,18,20H2/b30-19-/t32-/m0/s1. The molecule has 1 aliphatic heterocycles. The number of aryl methyl sites for hydroxylation is 1. The maximum absolute atomic E-state index is 13.9. The van der Waals surface area contributed by atoms with E-state index in [1.807, 2.05) is 47.0 Å². The molecule has 1 aromatic heterocycles. The number of halogens is 2. The van der Waals surface area contributed by atoms with Crippen LogP contribution >= 0.6 is 27.3 Å². The largest absolute Gasteiger partial charge is 0.489 e. The molecule has 0 amide bonds. The Bertz CT molecular complexity index is 1990. The summed E-state index contributed by atoms with van der Waals surface area (Å²) in [6, 6.07) is 30.5. The quantitative estimate of drug-likeness (QED) is 0.216. The van der Waals surface area contributed by atoms with Crippen molar-refractivity contribution in [1.82, 2.24) is 4.57 Å². The minimum absolute atomic E-state index is 0.0491. The first-order chi connectivity index (χ1) is 20.0. The zero-order valence-corrected chi connectivity index (χ0v) is 24.3. The van der Waals surface area contributed by atoms with Crippen molar-refractivity contribution >= 4 is 39.0 Å². The van der Waals surface area contributed by atoms with Gasteiger partial charge < -0.3 is 4.74 Å². The number of ether oxygens (including phenoxy) is 1. The van der Waals surface area contributed by atoms with Gasteiger partial charge in [-0.1, -0.05) is 94.0 Å². The van der Waals surface area contributed by atoms with Crippen molar-refractivity contribution in [2.24, 2.45) is 4.99 Å². The third kappa shape index (κ3) is 4.89. The summed E-state index contributed by atoms with van der Waals surface area (Å²) >= 11 is 4.96. The summed E-state index contributed by atoms with van der Waals surface area (Å²) in [5, 5.41) is 0. The molecular formula is C34H24BrFN2O2S. The van der Waals surface area contributed by atoms with Crippen LogP contribution in [0.3, 0.4) is 0 Å². The Hall–Kier alpha value is -4.07. The summed E-state index contributed by atoms with van der Waals surface area (Å²) in [7, 11) is 0. The molecule has 1 atom stereocenters. The maximum Gasteiger partial charge on any atom is 0.271 e. The van der Waals surface area contributed by atoms with E-state index in [0.29, 0.717) is 20.6 Å². The highest BCUT2D eigenvalue weighted by atomic mass is 79.9. The Kier molecular flexibility index (Phi) is 6.77. The summed E-state index contributed by atoms with van der Waals surface area (Å²) in [4.78, 5) is 19.7. The first-order valence-electron chi connectivity index (χ1n) is 13.4. The van der Waals surface area contributed by atoms with Gasteiger partial charge in [0.15, 0.2) is 4.80 Å². The van der Waals surface area contributed by atoms with Crippen LogP contribution in [-0.2, 0) is 13.0 Å². The lowest BCUT2D eigenvalue weighted by Gasteiger charge is -2.30. The Balaban J connectivity index is 1.27. The Morgan fingerprint density at radius 2 is 1.71 bits per heavy atom. The molecule has 0 N–H and O–H groups in total. The molecule has 2 heterocycles. The molecule has 0 bridgehead atoms. The third-order valence-corrected chi connectivity index (χ3v) is 9.10. The average molecular weight is 624 g/mol. The van der Waals surface area contributed by atoms with E-state index in [1.54, 1.807) is 18.2 Å². The van der Waals surface area contributed by atoms with Crippen LogP contribution in [0.2, 0.25) is 0 Å². The number of rotatable bonds is 5. The van der Waals surface area contributed by atoms with Crippen molar-refractivity contribution in [3.05, 3.63) is 160 Å². The fourth-order valence-corrected chi connectivity index (χ4v) is 6.82. The lowest BCUT2D eigenvalue weighted by molar-refractivity contribution is 0.300. The molecule has 5 aromatic rings. The smallest absolute Gasteiger partial charge is 0.271 e. The van der Waals surface area contributed by atoms with E-state index in [-0.39, 0.29) is 24.0 Å². The number of allylic oxidation sites excluding steroid dienone is 1. The van der Waals surface area contributed by atoms with Crippen molar-refractivity contribution < 1.29 is 9.13 Å². The molecular weight excluding hydrogens is 599 g/mol. The van der Waals surface area contributed by atoms with Crippen LogP contribution in [0.4, 0.5) is 4.39 Å². The number of aromatic nitrogens is 1. The van der Waals surface area contributed by atoms with Gasteiger partial charge in [-0.15, -0.1) is 0 Å². The number of nitrogens with zero attached hydrogens (tertiary/aromatic N) is 2. The number of hydrogen-bond donors (Lipinski definition) is 0. The van der Waals surface area contributed by atoms with Crippen molar-refractivity contribution in [3.63, 3.8) is 0 Å². The molecule has 0 spiro atoms. The van der Waals surface area contributed by atoms with E-state index >= 15 is 0 Å². The molecule has 7 rings (SSSR count). The fourth-order valence-electron chi connectivity index (χ4n) is 5.56. The normalized spacial score (nSPS) is 16.0. The maximum atomic E-state index is 13.9. The summed E-state index contributed by atoms with van der Waals surface area (Å²) in [6.45, 7) is 0.147. The Morgan fingerprint density at radius 3 is 2.51 bits per heavy atom. The van der Waals surface area contributed by atoms with E-state index in [2.05, 4.69) is 52.3 Å². The van der Waals surface area contributed by atoms with Gasteiger partial charge in [0.05, 0.1) is 16.3 Å². The molecule has 0 fully saturated rings. The number of hydrogen-bond acceptors (Lipinski definition) is 4. The van der Waals surface area contributed by atoms with Gasteiger partial charge in [0, 0.05) is 15.6 Å². The Labute approximate surface area is 248 Å². The summed E-state index contributed by atoms with van der Waals surface area (Å²) in [6.07, 6.45) is 3.68. The van der Waals surface area contributed by atoms with Crippen molar-refractivity contribution in [3.8, 4) is 5.75 Å². The lowest BCUT2D eigenvalue weighted by atomic mass is 9.83. The summed E-state index contributed by atoms with van der Waals surface area (Å²) in [5.41, 5.74) is 7.02. The van der Waals surface area contributed by atoms with E-state index in [0.717, 1.165) is 39.7 Å². The summed E-state index contributed by atoms with van der Waals surface area (Å²) in [5.74, 6) is 0.347. The average Bonchev–Trinajstić information content (AvgIpc) is 3.31. The first-order valence-corrected chi connectivity index (χ1v) is 15.0. The zero-order valence-electron chi connectivity index (χ0n) is 21.9.